The van der Waals surface area contributed by atoms with Crippen molar-refractivity contribution in [2.45, 2.75) is 25.7 Å². The number of ether oxygens (including phenoxy) is 1. The normalized spacial score (nSPS) is 13.9. The summed E-state index contributed by atoms with van der Waals surface area (Å²) in [6, 6.07) is 6.46. The minimum Gasteiger partial charge on any atom is -0.463 e. The molecule has 0 unspecified atom stereocenters. The lowest BCUT2D eigenvalue weighted by atomic mass is 9.90. The monoisotopic (exact) mass is 256 g/mol. The number of rotatable bonds is 2. The molecule has 1 aliphatic rings. The Kier molecular flexibility index (Phi) is 3.07. The maximum atomic E-state index is 11.4. The lowest BCUT2D eigenvalue weighted by molar-refractivity contribution is 0.0588. The van der Waals surface area contributed by atoms with Crippen LogP contribution in [-0.2, 0) is 17.6 Å². The minimum atomic E-state index is -0.441. The zero-order valence-electron chi connectivity index (χ0n) is 10.9. The Morgan fingerprint density at radius 3 is 2.84 bits per heavy atom. The highest BCUT2D eigenvalue weighted by atomic mass is 16.5. The van der Waals surface area contributed by atoms with Gasteiger partial charge in [-0.1, -0.05) is 12.1 Å². The average molecular weight is 256 g/mol. The van der Waals surface area contributed by atoms with Gasteiger partial charge in [0.1, 0.15) is 0 Å². The van der Waals surface area contributed by atoms with Gasteiger partial charge < -0.3 is 9.72 Å². The molecule has 0 bridgehead atoms. The Morgan fingerprint density at radius 1 is 1.26 bits per heavy atom. The molecule has 0 fully saturated rings. The van der Waals surface area contributed by atoms with Crippen molar-refractivity contribution < 1.29 is 9.53 Å². The Morgan fingerprint density at radius 2 is 2.05 bits per heavy atom. The molecule has 1 heterocycles. The first-order valence-electron chi connectivity index (χ1n) is 6.53. The zero-order chi connectivity index (χ0) is 13.2. The number of aryl methyl sites for hydroxylation is 2. The van der Waals surface area contributed by atoms with E-state index < -0.39 is 5.97 Å². The fourth-order valence-corrected chi connectivity index (χ4v) is 2.57. The molecule has 4 nitrogen and oxygen atoms in total. The van der Waals surface area contributed by atoms with Crippen LogP contribution in [0.4, 0.5) is 0 Å². The van der Waals surface area contributed by atoms with Gasteiger partial charge in [0.15, 0.2) is 0 Å². The summed E-state index contributed by atoms with van der Waals surface area (Å²) >= 11 is 0. The first kappa shape index (κ1) is 12.0. The van der Waals surface area contributed by atoms with Crippen molar-refractivity contribution in [1.29, 1.82) is 0 Å². The summed E-state index contributed by atoms with van der Waals surface area (Å²) in [6.07, 6.45) is 6.53. The van der Waals surface area contributed by atoms with Crippen LogP contribution in [-0.4, -0.2) is 23.0 Å². The zero-order valence-corrected chi connectivity index (χ0v) is 10.9. The van der Waals surface area contributed by atoms with E-state index in [1.54, 1.807) is 6.20 Å². The Hall–Kier alpha value is -2.10. The molecule has 0 saturated heterocycles. The van der Waals surface area contributed by atoms with Crippen molar-refractivity contribution in [2.24, 2.45) is 0 Å². The molecule has 0 aliphatic heterocycles. The van der Waals surface area contributed by atoms with Gasteiger partial charge in [0.25, 0.3) is 0 Å². The maximum Gasteiger partial charge on any atom is 0.374 e. The molecule has 3 rings (SSSR count). The number of hydrogen-bond donors (Lipinski definition) is 1. The highest BCUT2D eigenvalue weighted by molar-refractivity contribution is 5.86. The number of methoxy groups -OCH3 is 1. The van der Waals surface area contributed by atoms with Gasteiger partial charge in [0, 0.05) is 0 Å². The number of aromatic amines is 1. The largest absolute Gasteiger partial charge is 0.463 e. The summed E-state index contributed by atoms with van der Waals surface area (Å²) in [5, 5.41) is 0. The molecule has 19 heavy (non-hydrogen) atoms. The van der Waals surface area contributed by atoms with Crippen molar-refractivity contribution in [2.75, 3.05) is 7.11 Å². The molecule has 98 valence electrons. The molecule has 1 N–H and O–H groups in total. The molecule has 0 spiro atoms. The van der Waals surface area contributed by atoms with Crippen LogP contribution in [0.5, 0.6) is 0 Å². The van der Waals surface area contributed by atoms with Crippen molar-refractivity contribution in [3.8, 4) is 11.3 Å². The van der Waals surface area contributed by atoms with Crippen LogP contribution in [0.2, 0.25) is 0 Å². The molecule has 0 saturated carbocycles. The molecule has 4 heteroatoms. The topological polar surface area (TPSA) is 55.0 Å². The van der Waals surface area contributed by atoms with Crippen LogP contribution in [0.25, 0.3) is 11.3 Å². The molecule has 1 aromatic heterocycles. The van der Waals surface area contributed by atoms with E-state index >= 15 is 0 Å². The van der Waals surface area contributed by atoms with Crippen LogP contribution in [0.15, 0.2) is 24.4 Å². The van der Waals surface area contributed by atoms with Gasteiger partial charge in [-0.25, -0.2) is 9.78 Å². The third-order valence-electron chi connectivity index (χ3n) is 3.61. The number of benzene rings is 1. The van der Waals surface area contributed by atoms with E-state index in [1.807, 2.05) is 0 Å². The molecule has 1 aliphatic carbocycles. The predicted octanol–water partition coefficient (Wildman–Crippen LogP) is 2.74. The number of aromatic nitrogens is 2. The van der Waals surface area contributed by atoms with Gasteiger partial charge in [-0.05, 0) is 48.4 Å². The van der Waals surface area contributed by atoms with Crippen LogP contribution in [0.1, 0.15) is 34.6 Å². The van der Waals surface area contributed by atoms with Crippen molar-refractivity contribution in [1.82, 2.24) is 9.97 Å². The highest BCUT2D eigenvalue weighted by Crippen LogP contribution is 2.26. The summed E-state index contributed by atoms with van der Waals surface area (Å²) in [7, 11) is 1.35. The van der Waals surface area contributed by atoms with Crippen molar-refractivity contribution >= 4 is 5.97 Å². The van der Waals surface area contributed by atoms with Gasteiger partial charge in [0.2, 0.25) is 5.82 Å². The number of nitrogens with zero attached hydrogens (tertiary/aromatic N) is 1. The molecule has 0 amide bonds. The first-order valence-corrected chi connectivity index (χ1v) is 6.53. The highest BCUT2D eigenvalue weighted by Gasteiger charge is 2.13. The second-order valence-electron chi connectivity index (χ2n) is 4.83. The van der Waals surface area contributed by atoms with Crippen LogP contribution in [0, 0.1) is 0 Å². The standard InChI is InChI=1S/C15H16N2O2/c1-19-15(18)14-16-9-13(17-14)12-7-6-10-4-2-3-5-11(10)8-12/h6-9H,2-5H2,1H3,(H,16,17). The van der Waals surface area contributed by atoms with E-state index in [-0.39, 0.29) is 5.82 Å². The number of esters is 1. The summed E-state index contributed by atoms with van der Waals surface area (Å²) in [5.41, 5.74) is 4.79. The molecule has 0 atom stereocenters. The minimum absolute atomic E-state index is 0.246. The lowest BCUT2D eigenvalue weighted by Crippen LogP contribution is -2.03. The van der Waals surface area contributed by atoms with Crippen molar-refractivity contribution in [3.63, 3.8) is 0 Å². The van der Waals surface area contributed by atoms with Crippen molar-refractivity contribution in [3.05, 3.63) is 41.3 Å². The number of carbonyl (C=O) groups is 1. The number of fused-ring (bicyclic) bond motifs is 1. The van der Waals surface area contributed by atoms with Gasteiger partial charge in [-0.3, -0.25) is 0 Å². The SMILES string of the molecule is COC(=O)c1ncc(-c2ccc3c(c2)CCCC3)[nH]1. The number of hydrogen-bond acceptors (Lipinski definition) is 3. The van der Waals surface area contributed by atoms with Gasteiger partial charge in [-0.15, -0.1) is 0 Å². The Bertz CT molecular complexity index is 616. The fraction of sp³-hybridized carbons (Fsp3) is 0.333. The fourth-order valence-electron chi connectivity index (χ4n) is 2.57. The second kappa shape index (κ2) is 4.88. The van der Waals surface area contributed by atoms with E-state index in [0.717, 1.165) is 17.7 Å². The summed E-state index contributed by atoms with van der Waals surface area (Å²) in [4.78, 5) is 18.4. The second-order valence-corrected chi connectivity index (χ2v) is 4.83. The van der Waals surface area contributed by atoms with Crippen LogP contribution < -0.4 is 0 Å². The maximum absolute atomic E-state index is 11.4. The van der Waals surface area contributed by atoms with E-state index in [1.165, 1.54) is 37.5 Å². The van der Waals surface area contributed by atoms with E-state index in [2.05, 4.69) is 32.9 Å². The summed E-state index contributed by atoms with van der Waals surface area (Å²) in [5.74, 6) is -0.195. The number of carbonyl (C=O) groups excluding carboxylic acids is 1. The van der Waals surface area contributed by atoms with E-state index in [9.17, 15) is 4.79 Å². The third-order valence-corrected chi connectivity index (χ3v) is 3.61. The Balaban J connectivity index is 1.93. The molecule has 0 radical (unpaired) electrons. The predicted molar refractivity (Wildman–Crippen MR) is 72.0 cm³/mol. The number of H-pyrrole nitrogens is 1. The van der Waals surface area contributed by atoms with Gasteiger partial charge in [0.05, 0.1) is 19.0 Å². The first-order chi connectivity index (χ1) is 9.28. The quantitative estimate of drug-likeness (QED) is 0.840. The van der Waals surface area contributed by atoms with Crippen LogP contribution in [0.3, 0.4) is 0 Å². The van der Waals surface area contributed by atoms with E-state index in [4.69, 9.17) is 0 Å². The van der Waals surface area contributed by atoms with Crippen LogP contribution >= 0.6 is 0 Å². The number of imidazole rings is 1. The average Bonchev–Trinajstić information content (AvgIpc) is 2.95. The lowest BCUT2D eigenvalue weighted by Gasteiger charge is -2.16. The molecule has 1 aromatic carbocycles. The molecular formula is C15H16N2O2. The third kappa shape index (κ3) is 2.26. The Labute approximate surface area is 111 Å². The smallest absolute Gasteiger partial charge is 0.374 e. The van der Waals surface area contributed by atoms with E-state index in [0.29, 0.717) is 0 Å². The molecule has 2 aromatic rings. The number of nitrogens with one attached hydrogen (secondary N) is 1. The van der Waals surface area contributed by atoms with Gasteiger partial charge in [-0.2, -0.15) is 0 Å². The van der Waals surface area contributed by atoms with Gasteiger partial charge >= 0.3 is 5.97 Å². The summed E-state index contributed by atoms with van der Waals surface area (Å²) in [6.45, 7) is 0. The molecular weight excluding hydrogens is 240 g/mol. The summed E-state index contributed by atoms with van der Waals surface area (Å²) < 4.78 is 4.64.